The molecule has 0 unspecified atom stereocenters. The van der Waals surface area contributed by atoms with Gasteiger partial charge in [0.15, 0.2) is 4.34 Å². The van der Waals surface area contributed by atoms with Crippen molar-refractivity contribution >= 4 is 45.5 Å². The van der Waals surface area contributed by atoms with Gasteiger partial charge in [0.25, 0.3) is 5.91 Å². The van der Waals surface area contributed by atoms with Crippen molar-refractivity contribution in [3.05, 3.63) is 45.9 Å². The van der Waals surface area contributed by atoms with Crippen molar-refractivity contribution in [3.8, 4) is 0 Å². The van der Waals surface area contributed by atoms with E-state index in [0.29, 0.717) is 22.4 Å². The van der Waals surface area contributed by atoms with Crippen LogP contribution < -0.4 is 11.1 Å². The Morgan fingerprint density at radius 2 is 1.96 bits per heavy atom. The van der Waals surface area contributed by atoms with Crippen LogP contribution in [0.2, 0.25) is 0 Å². The van der Waals surface area contributed by atoms with Crippen LogP contribution in [0.1, 0.15) is 20.4 Å². The van der Waals surface area contributed by atoms with Gasteiger partial charge in [0.1, 0.15) is 5.01 Å². The Kier molecular flexibility index (Phi) is 5.16. The highest BCUT2D eigenvalue weighted by molar-refractivity contribution is 8.00. The van der Waals surface area contributed by atoms with Crippen LogP contribution in [0.25, 0.3) is 0 Å². The lowest BCUT2D eigenvalue weighted by atomic mass is 10.2. The molecule has 0 saturated heterocycles. The van der Waals surface area contributed by atoms with Crippen molar-refractivity contribution in [2.45, 2.75) is 16.6 Å². The van der Waals surface area contributed by atoms with Gasteiger partial charge in [-0.2, -0.15) is 0 Å². The second-order valence-electron chi connectivity index (χ2n) is 4.36. The molecule has 23 heavy (non-hydrogen) atoms. The normalized spacial score (nSPS) is 10.6. The largest absolute Gasteiger partial charge is 0.374 e. The Hall–Kier alpha value is -2.04. The molecule has 7 nitrogen and oxygen atoms in total. The molecule has 0 radical (unpaired) electrons. The number of aromatic nitrogens is 4. The fourth-order valence-electron chi connectivity index (χ4n) is 1.66. The molecule has 1 amide bonds. The maximum atomic E-state index is 12.1. The number of carbonyl (C=O) groups is 1. The van der Waals surface area contributed by atoms with E-state index in [0.717, 1.165) is 14.9 Å². The summed E-state index contributed by atoms with van der Waals surface area (Å²) < 4.78 is 0.771. The Morgan fingerprint density at radius 1 is 1.13 bits per heavy atom. The monoisotopic (exact) mass is 364 g/mol. The molecule has 0 aliphatic rings. The number of anilines is 1. The van der Waals surface area contributed by atoms with E-state index in [1.165, 1.54) is 34.4 Å². The number of amides is 1. The summed E-state index contributed by atoms with van der Waals surface area (Å²) in [6.45, 7) is 0.466. The van der Waals surface area contributed by atoms with E-state index >= 15 is 0 Å². The molecule has 0 fully saturated rings. The highest BCUT2D eigenvalue weighted by Gasteiger charge is 2.13. The van der Waals surface area contributed by atoms with Crippen molar-refractivity contribution in [1.29, 1.82) is 0 Å². The SMILES string of the molecule is Nc1nnc(SCc2nnc(C(=O)NCc3ccccc3)s2)s1. The average molecular weight is 364 g/mol. The predicted octanol–water partition coefficient (Wildman–Crippen LogP) is 2.19. The molecule has 3 aromatic rings. The van der Waals surface area contributed by atoms with E-state index in [9.17, 15) is 4.79 Å². The molecule has 0 aliphatic heterocycles. The zero-order valence-electron chi connectivity index (χ0n) is 11.8. The van der Waals surface area contributed by atoms with Gasteiger partial charge in [0, 0.05) is 6.54 Å². The number of thioether (sulfide) groups is 1. The molecule has 3 rings (SSSR count). The van der Waals surface area contributed by atoms with E-state index in [4.69, 9.17) is 5.73 Å². The summed E-state index contributed by atoms with van der Waals surface area (Å²) in [5, 5.41) is 20.0. The minimum absolute atomic E-state index is 0.220. The Labute approximate surface area is 144 Å². The van der Waals surface area contributed by atoms with Crippen molar-refractivity contribution in [2.24, 2.45) is 0 Å². The van der Waals surface area contributed by atoms with Gasteiger partial charge in [-0.05, 0) is 5.56 Å². The third kappa shape index (κ3) is 4.47. The van der Waals surface area contributed by atoms with Crippen LogP contribution in [0.4, 0.5) is 5.13 Å². The van der Waals surface area contributed by atoms with Crippen molar-refractivity contribution in [3.63, 3.8) is 0 Å². The Morgan fingerprint density at radius 3 is 2.70 bits per heavy atom. The molecule has 3 N–H and O–H groups in total. The van der Waals surface area contributed by atoms with E-state index in [2.05, 4.69) is 25.7 Å². The highest BCUT2D eigenvalue weighted by atomic mass is 32.2. The van der Waals surface area contributed by atoms with Gasteiger partial charge in [0.2, 0.25) is 10.1 Å². The molecule has 0 aliphatic carbocycles. The summed E-state index contributed by atoms with van der Waals surface area (Å²) >= 11 is 4.06. The van der Waals surface area contributed by atoms with Gasteiger partial charge in [-0.15, -0.1) is 20.4 Å². The van der Waals surface area contributed by atoms with Gasteiger partial charge in [0.05, 0.1) is 5.75 Å². The molecule has 2 aromatic heterocycles. The van der Waals surface area contributed by atoms with Crippen molar-refractivity contribution in [2.75, 3.05) is 5.73 Å². The van der Waals surface area contributed by atoms with E-state index in [-0.39, 0.29) is 5.91 Å². The smallest absolute Gasteiger partial charge is 0.282 e. The van der Waals surface area contributed by atoms with E-state index in [1.54, 1.807) is 0 Å². The van der Waals surface area contributed by atoms with Gasteiger partial charge >= 0.3 is 0 Å². The molecule has 0 saturated carbocycles. The minimum Gasteiger partial charge on any atom is -0.374 e. The number of nitrogens with one attached hydrogen (secondary N) is 1. The fraction of sp³-hybridized carbons (Fsp3) is 0.154. The number of nitrogen functional groups attached to an aromatic ring is 1. The second kappa shape index (κ2) is 7.49. The molecular formula is C13H12N6OS3. The average Bonchev–Trinajstić information content (AvgIpc) is 3.20. The van der Waals surface area contributed by atoms with Crippen LogP contribution in [-0.2, 0) is 12.3 Å². The zero-order valence-corrected chi connectivity index (χ0v) is 14.2. The molecular weight excluding hydrogens is 352 g/mol. The maximum Gasteiger partial charge on any atom is 0.282 e. The molecule has 118 valence electrons. The molecule has 0 atom stereocenters. The molecule has 0 spiro atoms. The first kappa shape index (κ1) is 15.8. The molecule has 1 aromatic carbocycles. The first-order valence-corrected chi connectivity index (χ1v) is 9.19. The van der Waals surface area contributed by atoms with Crippen molar-refractivity contribution in [1.82, 2.24) is 25.7 Å². The summed E-state index contributed by atoms with van der Waals surface area (Å²) in [5.41, 5.74) is 6.56. The molecule has 0 bridgehead atoms. The number of carbonyl (C=O) groups excluding carboxylic acids is 1. The van der Waals surface area contributed by atoms with Crippen LogP contribution >= 0.6 is 34.4 Å². The molecule has 10 heteroatoms. The summed E-state index contributed by atoms with van der Waals surface area (Å²) in [5.74, 6) is 0.362. The summed E-state index contributed by atoms with van der Waals surface area (Å²) in [7, 11) is 0. The second-order valence-corrected chi connectivity index (χ2v) is 7.66. The number of rotatable bonds is 6. The van der Waals surface area contributed by atoms with E-state index < -0.39 is 0 Å². The lowest BCUT2D eigenvalue weighted by Gasteiger charge is -2.01. The van der Waals surface area contributed by atoms with Gasteiger partial charge in [-0.1, -0.05) is 64.8 Å². The Bertz CT molecular complexity index is 788. The number of hydrogen-bond donors (Lipinski definition) is 2. The van der Waals surface area contributed by atoms with Crippen LogP contribution in [0.5, 0.6) is 0 Å². The third-order valence-corrected chi connectivity index (χ3v) is 5.70. The van der Waals surface area contributed by atoms with Crippen LogP contribution in [0, 0.1) is 0 Å². The van der Waals surface area contributed by atoms with Crippen molar-refractivity contribution < 1.29 is 4.79 Å². The summed E-state index contributed by atoms with van der Waals surface area (Å²) in [6.07, 6.45) is 0. The highest BCUT2D eigenvalue weighted by Crippen LogP contribution is 2.27. The minimum atomic E-state index is -0.220. The van der Waals surface area contributed by atoms with Gasteiger partial charge < -0.3 is 11.1 Å². The molecule has 2 heterocycles. The summed E-state index contributed by atoms with van der Waals surface area (Å²) in [6, 6.07) is 9.71. The number of nitrogens with two attached hydrogens (primary N) is 1. The predicted molar refractivity (Wildman–Crippen MR) is 91.4 cm³/mol. The van der Waals surface area contributed by atoms with Crippen LogP contribution in [-0.4, -0.2) is 26.3 Å². The van der Waals surface area contributed by atoms with Crippen LogP contribution in [0.3, 0.4) is 0 Å². The lowest BCUT2D eigenvalue weighted by Crippen LogP contribution is -2.22. The van der Waals surface area contributed by atoms with Crippen LogP contribution in [0.15, 0.2) is 34.7 Å². The zero-order chi connectivity index (χ0) is 16.1. The van der Waals surface area contributed by atoms with E-state index in [1.807, 2.05) is 30.3 Å². The number of hydrogen-bond acceptors (Lipinski definition) is 9. The summed E-state index contributed by atoms with van der Waals surface area (Å²) in [4.78, 5) is 12.1. The third-order valence-electron chi connectivity index (χ3n) is 2.70. The first-order valence-electron chi connectivity index (χ1n) is 6.57. The van der Waals surface area contributed by atoms with Gasteiger partial charge in [-0.3, -0.25) is 4.79 Å². The van der Waals surface area contributed by atoms with Gasteiger partial charge in [-0.25, -0.2) is 0 Å². The topological polar surface area (TPSA) is 107 Å². The number of nitrogens with zero attached hydrogens (tertiary/aromatic N) is 4. The standard InChI is InChI=1S/C13H12N6OS3/c14-12-18-19-13(23-12)21-7-9-16-17-11(22-9)10(20)15-6-8-4-2-1-3-5-8/h1-5H,6-7H2,(H2,14,18)(H,15,20). The Balaban J connectivity index is 1.52. The fourth-order valence-corrected chi connectivity index (χ4v) is 4.04. The lowest BCUT2D eigenvalue weighted by molar-refractivity contribution is 0.0950. The number of benzene rings is 1. The quantitative estimate of drug-likeness (QED) is 0.646. The maximum absolute atomic E-state index is 12.1. The first-order chi connectivity index (χ1) is 11.2.